The summed E-state index contributed by atoms with van der Waals surface area (Å²) in [5.74, 6) is 7.07. The van der Waals surface area contributed by atoms with Crippen LogP contribution in [0.4, 0.5) is 20.3 Å². The van der Waals surface area contributed by atoms with E-state index >= 15 is 0 Å². The number of para-hydroxylation sites is 1. The molecule has 0 radical (unpaired) electrons. The molecule has 7 fully saturated rings. The van der Waals surface area contributed by atoms with Gasteiger partial charge in [-0.3, -0.25) is 33.5 Å². The number of carbonyl (C=O) groups is 3. The van der Waals surface area contributed by atoms with Gasteiger partial charge in [0.1, 0.15) is 24.0 Å². The molecule has 64 heavy (non-hydrogen) atoms. The van der Waals surface area contributed by atoms with Crippen molar-refractivity contribution >= 4 is 45.9 Å². The first-order chi connectivity index (χ1) is 31.1. The molecule has 17 nitrogen and oxygen atoms in total. The first kappa shape index (κ1) is 40.8. The summed E-state index contributed by atoms with van der Waals surface area (Å²) in [4.78, 5) is 60.7. The number of nitrogens with one attached hydrogen (secondary N) is 2. The highest BCUT2D eigenvalue weighted by atomic mass is 19.3. The fraction of sp³-hybridized carbons (Fsp3) is 0.533. The van der Waals surface area contributed by atoms with Crippen LogP contribution in [0.25, 0.3) is 16.7 Å². The lowest BCUT2D eigenvalue weighted by Gasteiger charge is -2.53. The molecule has 3 unspecified atom stereocenters. The second-order valence-electron chi connectivity index (χ2n) is 18.4. The number of nitrogens with zero attached hydrogens (tertiary/aromatic N) is 9. The molecule has 1 aromatic carbocycles. The first-order valence-corrected chi connectivity index (χ1v) is 22.3. The Bertz CT molecular complexity index is 2780. The standard InChI is InChI=1S/C45H49F2N11O6/c1-53-39-26(4-2-6-34(39)58(45(53)62)35-11-12-37(59)51-44(35)61)5-3-15-63-40-27-16-28(40)21-54(20-27)19-25-7-9-29(10-8-25)57-23-33(38(52-57)41(46)47)49-43(60)32-18-48-56-14-13-36(50-42(32)56)55-22-31-17-30(55)24-64-31/h2,4,6,13-14,18,23,25,27-31,35,40-41H,7-12,15-17,19-22,24H2,1H3,(H,49,60)(H,51,59,61)/t25?,27?,28?,29?,30-,31-,35?,40?/m1/s1. The van der Waals surface area contributed by atoms with Gasteiger partial charge in [-0.05, 0) is 80.9 Å². The highest BCUT2D eigenvalue weighted by molar-refractivity contribution is 6.08. The fourth-order valence-corrected chi connectivity index (χ4v) is 11.3. The molecule has 4 bridgehead atoms. The zero-order valence-corrected chi connectivity index (χ0v) is 35.4. The van der Waals surface area contributed by atoms with E-state index in [9.17, 15) is 28.0 Å². The first-order valence-electron chi connectivity index (χ1n) is 22.3. The number of carbonyl (C=O) groups excluding carboxylic acids is 3. The summed E-state index contributed by atoms with van der Waals surface area (Å²) in [5, 5.41) is 13.6. The van der Waals surface area contributed by atoms with E-state index in [1.807, 2.05) is 18.2 Å². The third-order valence-electron chi connectivity index (χ3n) is 14.4. The molecule has 2 aliphatic carbocycles. The lowest BCUT2D eigenvalue weighted by molar-refractivity contribution is -0.138. The van der Waals surface area contributed by atoms with Crippen molar-refractivity contribution in [3.8, 4) is 11.8 Å². The number of imide groups is 1. The molecular weight excluding hydrogens is 829 g/mol. The van der Waals surface area contributed by atoms with Crippen molar-refractivity contribution in [2.24, 2.45) is 24.8 Å². The zero-order chi connectivity index (χ0) is 43.8. The lowest BCUT2D eigenvalue weighted by Crippen LogP contribution is -2.59. The second-order valence-corrected chi connectivity index (χ2v) is 18.4. The van der Waals surface area contributed by atoms with Crippen LogP contribution in [0, 0.1) is 29.6 Å². The number of halogens is 2. The van der Waals surface area contributed by atoms with Crippen molar-refractivity contribution in [2.75, 3.05) is 49.6 Å². The second kappa shape index (κ2) is 16.2. The summed E-state index contributed by atoms with van der Waals surface area (Å²) < 4.78 is 46.8. The Hall–Kier alpha value is -5.97. The summed E-state index contributed by atoms with van der Waals surface area (Å²) in [6.07, 6.45) is 8.21. The topological polar surface area (TPSA) is 175 Å². The average molecular weight is 878 g/mol. The lowest BCUT2D eigenvalue weighted by atomic mass is 9.67. The van der Waals surface area contributed by atoms with Gasteiger partial charge in [0.25, 0.3) is 12.3 Å². The summed E-state index contributed by atoms with van der Waals surface area (Å²) in [7, 11) is 1.66. The summed E-state index contributed by atoms with van der Waals surface area (Å²) in [5.41, 5.74) is 1.66. The van der Waals surface area contributed by atoms with Crippen molar-refractivity contribution in [1.82, 2.24) is 43.7 Å². The van der Waals surface area contributed by atoms with Crippen LogP contribution in [0.1, 0.15) is 91.5 Å². The predicted octanol–water partition coefficient (Wildman–Crippen LogP) is 3.84. The minimum absolute atomic E-state index is 0.00651. The molecule has 5 atom stereocenters. The van der Waals surface area contributed by atoms with E-state index in [1.165, 1.54) is 19.8 Å². The molecule has 7 aliphatic rings. The Labute approximate surface area is 366 Å². The van der Waals surface area contributed by atoms with Gasteiger partial charge in [0.15, 0.2) is 11.3 Å². The number of hydrogen-bond donors (Lipinski definition) is 2. The molecular formula is C45H49F2N11O6. The molecule has 4 aromatic heterocycles. The number of imidazole rings is 1. The van der Waals surface area contributed by atoms with Gasteiger partial charge in [-0.25, -0.2) is 23.1 Å². The van der Waals surface area contributed by atoms with Crippen LogP contribution >= 0.6 is 0 Å². The number of aryl methyl sites for hydroxylation is 1. The highest BCUT2D eigenvalue weighted by Gasteiger charge is 2.48. The quantitative estimate of drug-likeness (QED) is 0.154. The molecule has 5 saturated heterocycles. The molecule has 5 aliphatic heterocycles. The van der Waals surface area contributed by atoms with Gasteiger partial charge >= 0.3 is 5.69 Å². The molecule has 9 heterocycles. The van der Waals surface area contributed by atoms with Crippen LogP contribution in [0.15, 0.2) is 47.7 Å². The van der Waals surface area contributed by atoms with Crippen molar-refractivity contribution in [3.05, 3.63) is 70.2 Å². The number of aromatic nitrogens is 7. The Morgan fingerprint density at radius 3 is 2.62 bits per heavy atom. The highest BCUT2D eigenvalue weighted by Crippen LogP contribution is 2.43. The molecule has 3 amide bonds. The van der Waals surface area contributed by atoms with Gasteiger partial charge in [0.05, 0.1) is 59.4 Å². The van der Waals surface area contributed by atoms with Crippen molar-refractivity contribution in [1.29, 1.82) is 0 Å². The van der Waals surface area contributed by atoms with Crippen LogP contribution in [0.3, 0.4) is 0 Å². The molecule has 19 heteroatoms. The van der Waals surface area contributed by atoms with Crippen LogP contribution in [0.2, 0.25) is 0 Å². The van der Waals surface area contributed by atoms with Crippen molar-refractivity contribution in [3.63, 3.8) is 0 Å². The van der Waals surface area contributed by atoms with E-state index in [0.29, 0.717) is 46.6 Å². The number of rotatable bonds is 10. The van der Waals surface area contributed by atoms with Gasteiger partial charge in [-0.2, -0.15) is 10.2 Å². The summed E-state index contributed by atoms with van der Waals surface area (Å²) in [6, 6.07) is 6.77. The van der Waals surface area contributed by atoms with Crippen LogP contribution in [-0.2, 0) is 26.1 Å². The van der Waals surface area contributed by atoms with Gasteiger partial charge in [0, 0.05) is 52.0 Å². The van der Waals surface area contributed by atoms with Gasteiger partial charge in [-0.1, -0.05) is 17.9 Å². The Balaban J connectivity index is 0.671. The molecule has 0 spiro atoms. The van der Waals surface area contributed by atoms with Gasteiger partial charge in [-0.15, -0.1) is 0 Å². The number of benzene rings is 1. The number of ether oxygens (including phenoxy) is 2. The number of hydrogen-bond acceptors (Lipinski definition) is 11. The number of anilines is 2. The number of piperidine rings is 3. The monoisotopic (exact) mass is 877 g/mol. The van der Waals surface area contributed by atoms with Gasteiger partial charge < -0.3 is 24.6 Å². The minimum Gasteiger partial charge on any atom is -0.374 e. The van der Waals surface area contributed by atoms with E-state index in [4.69, 9.17) is 14.5 Å². The molecule has 2 N–H and O–H groups in total. The number of amides is 3. The zero-order valence-electron chi connectivity index (χ0n) is 35.4. The smallest absolute Gasteiger partial charge is 0.329 e. The Kier molecular flexibility index (Phi) is 10.3. The number of morpholine rings is 1. The number of alkyl halides is 2. The van der Waals surface area contributed by atoms with Crippen LogP contribution < -0.4 is 21.2 Å². The van der Waals surface area contributed by atoms with E-state index in [1.54, 1.807) is 30.2 Å². The molecule has 2 saturated carbocycles. The van der Waals surface area contributed by atoms with E-state index in [2.05, 4.69) is 42.5 Å². The maximum Gasteiger partial charge on any atom is 0.329 e. The minimum atomic E-state index is -2.86. The predicted molar refractivity (Wildman–Crippen MR) is 228 cm³/mol. The normalized spacial score (nSPS) is 27.8. The molecule has 334 valence electrons. The third-order valence-corrected chi connectivity index (χ3v) is 14.4. The average Bonchev–Trinajstić information content (AvgIpc) is 4.14. The van der Waals surface area contributed by atoms with Gasteiger partial charge in [0.2, 0.25) is 11.8 Å². The Morgan fingerprint density at radius 1 is 1.05 bits per heavy atom. The fourth-order valence-electron chi connectivity index (χ4n) is 11.3. The summed E-state index contributed by atoms with van der Waals surface area (Å²) in [6.45, 7) is 4.55. The van der Waals surface area contributed by atoms with Crippen molar-refractivity contribution < 1.29 is 32.6 Å². The molecule has 5 aromatic rings. The maximum absolute atomic E-state index is 14.3. The SMILES string of the molecule is Cn1c(=O)n(C2CCC(=O)NC2=O)c2cccc(C#CCOC3C4CC3CN(CC3CCC(n5cc(NC(=O)c6cnn7ccc(N8C[C@H]9C[C@@H]8CO9)nc67)c(C(F)F)n5)CC3)C4)c21. The molecule has 12 rings (SSSR count). The van der Waals surface area contributed by atoms with Crippen LogP contribution in [-0.4, -0.2) is 114 Å². The van der Waals surface area contributed by atoms with E-state index < -0.39 is 30.0 Å². The van der Waals surface area contributed by atoms with E-state index in [-0.39, 0.29) is 66.6 Å². The summed E-state index contributed by atoms with van der Waals surface area (Å²) >= 11 is 0. The third kappa shape index (κ3) is 7.25. The van der Waals surface area contributed by atoms with Crippen LogP contribution in [0.5, 0.6) is 0 Å². The van der Waals surface area contributed by atoms with E-state index in [0.717, 1.165) is 70.5 Å². The Morgan fingerprint density at radius 2 is 1.88 bits per heavy atom. The maximum atomic E-state index is 14.3. The largest absolute Gasteiger partial charge is 0.374 e. The van der Waals surface area contributed by atoms with Crippen molar-refractivity contribution in [2.45, 2.75) is 88.1 Å². The number of fused-ring (bicyclic) bond motifs is 6.